The summed E-state index contributed by atoms with van der Waals surface area (Å²) in [5.74, 6) is 0. The maximum atomic E-state index is 10.7. The van der Waals surface area contributed by atoms with Crippen LogP contribution in [0.1, 0.15) is 5.69 Å². The quantitative estimate of drug-likeness (QED) is 0.512. The molecule has 68 valence electrons. The van der Waals surface area contributed by atoms with Crippen LogP contribution in [0.2, 0.25) is 0 Å². The highest BCUT2D eigenvalue weighted by molar-refractivity contribution is 6.05. The van der Waals surface area contributed by atoms with Crippen LogP contribution in [-0.4, -0.2) is 30.3 Å². The first kappa shape index (κ1) is 9.45. The van der Waals surface area contributed by atoms with E-state index in [4.69, 9.17) is 0 Å². The van der Waals surface area contributed by atoms with Crippen molar-refractivity contribution in [2.24, 2.45) is 0 Å². The van der Waals surface area contributed by atoms with E-state index in [0.29, 0.717) is 11.3 Å². The Hall–Kier alpha value is -1.64. The molecule has 1 heterocycles. The molecule has 0 aliphatic rings. The van der Waals surface area contributed by atoms with Gasteiger partial charge < -0.3 is 4.90 Å². The number of carbonyl (C=O) groups excluding carboxylic acids is 1. The fourth-order valence-corrected chi connectivity index (χ4v) is 0.969. The molecule has 0 spiro atoms. The van der Waals surface area contributed by atoms with E-state index < -0.39 is 0 Å². The van der Waals surface area contributed by atoms with E-state index >= 15 is 0 Å². The van der Waals surface area contributed by atoms with E-state index in [-0.39, 0.29) is 0 Å². The van der Waals surface area contributed by atoms with E-state index in [9.17, 15) is 4.79 Å². The lowest BCUT2D eigenvalue weighted by Gasteiger charge is -2.06. The summed E-state index contributed by atoms with van der Waals surface area (Å²) in [7, 11) is 3.74. The van der Waals surface area contributed by atoms with Gasteiger partial charge in [-0.25, -0.2) is 0 Å². The molecule has 0 radical (unpaired) electrons. The third-order valence-corrected chi connectivity index (χ3v) is 1.48. The summed E-state index contributed by atoms with van der Waals surface area (Å²) in [5, 5.41) is 0. The third kappa shape index (κ3) is 2.71. The molecule has 0 unspecified atom stereocenters. The topological polar surface area (TPSA) is 33.2 Å². The van der Waals surface area contributed by atoms with E-state index in [2.05, 4.69) is 4.98 Å². The van der Waals surface area contributed by atoms with Gasteiger partial charge in [0.15, 0.2) is 6.29 Å². The standard InChI is InChI=1S/C10H12N2O/c1-12(2)7-9(8-13)10-5-3-4-6-11-10/h3-8H,1-2H3. The molecular formula is C10H12N2O. The second-order valence-electron chi connectivity index (χ2n) is 2.88. The molecule has 0 aliphatic carbocycles. The minimum absolute atomic E-state index is 0.589. The molecule has 0 amide bonds. The molecule has 0 saturated heterocycles. The van der Waals surface area contributed by atoms with Crippen LogP contribution in [0.5, 0.6) is 0 Å². The van der Waals surface area contributed by atoms with Crippen LogP contribution in [0.4, 0.5) is 0 Å². The summed E-state index contributed by atoms with van der Waals surface area (Å²) >= 11 is 0. The Kier molecular flexibility index (Phi) is 3.20. The van der Waals surface area contributed by atoms with E-state index in [1.54, 1.807) is 12.4 Å². The number of nitrogens with zero attached hydrogens (tertiary/aromatic N) is 2. The third-order valence-electron chi connectivity index (χ3n) is 1.48. The highest BCUT2D eigenvalue weighted by Gasteiger charge is 1.99. The summed E-state index contributed by atoms with van der Waals surface area (Å²) in [6.07, 6.45) is 4.22. The monoisotopic (exact) mass is 176 g/mol. The molecule has 1 aromatic rings. The Morgan fingerprint density at radius 3 is 2.69 bits per heavy atom. The van der Waals surface area contributed by atoms with Crippen molar-refractivity contribution in [2.45, 2.75) is 0 Å². The van der Waals surface area contributed by atoms with Crippen LogP contribution in [0, 0.1) is 0 Å². The van der Waals surface area contributed by atoms with Gasteiger partial charge in [0, 0.05) is 26.5 Å². The zero-order chi connectivity index (χ0) is 9.68. The predicted octanol–water partition coefficient (Wildman–Crippen LogP) is 1.18. The van der Waals surface area contributed by atoms with Crippen LogP contribution in [0.25, 0.3) is 5.57 Å². The molecule has 13 heavy (non-hydrogen) atoms. The van der Waals surface area contributed by atoms with Gasteiger partial charge in [-0.15, -0.1) is 0 Å². The lowest BCUT2D eigenvalue weighted by molar-refractivity contribution is -0.103. The zero-order valence-electron chi connectivity index (χ0n) is 7.77. The van der Waals surface area contributed by atoms with Gasteiger partial charge in [-0.05, 0) is 12.1 Å². The van der Waals surface area contributed by atoms with Gasteiger partial charge in [-0.3, -0.25) is 9.78 Å². The van der Waals surface area contributed by atoms with Crippen LogP contribution in [0.15, 0.2) is 30.6 Å². The molecule has 0 aromatic carbocycles. The SMILES string of the molecule is CN(C)C=C(C=O)c1ccccn1. The summed E-state index contributed by atoms with van der Waals surface area (Å²) < 4.78 is 0. The number of hydrogen-bond acceptors (Lipinski definition) is 3. The van der Waals surface area contributed by atoms with Crippen LogP contribution in [-0.2, 0) is 4.79 Å². The Balaban J connectivity index is 2.98. The number of pyridine rings is 1. The minimum Gasteiger partial charge on any atom is -0.383 e. The van der Waals surface area contributed by atoms with Gasteiger partial charge in [-0.1, -0.05) is 6.07 Å². The average Bonchev–Trinajstić information content (AvgIpc) is 2.15. The first-order valence-corrected chi connectivity index (χ1v) is 3.99. The van der Waals surface area contributed by atoms with Gasteiger partial charge in [0.05, 0.1) is 11.3 Å². The fraction of sp³-hybridized carbons (Fsp3) is 0.200. The Bertz CT molecular complexity index is 304. The summed E-state index contributed by atoms with van der Waals surface area (Å²) in [5.41, 5.74) is 1.29. The van der Waals surface area contributed by atoms with Crippen molar-refractivity contribution in [1.29, 1.82) is 0 Å². The molecule has 3 nitrogen and oxygen atoms in total. The van der Waals surface area contributed by atoms with Gasteiger partial charge in [0.2, 0.25) is 0 Å². The number of rotatable bonds is 3. The van der Waals surface area contributed by atoms with Crippen molar-refractivity contribution in [3.8, 4) is 0 Å². The number of aromatic nitrogens is 1. The Labute approximate surface area is 77.7 Å². The number of carbonyl (C=O) groups is 1. The van der Waals surface area contributed by atoms with Crippen LogP contribution >= 0.6 is 0 Å². The lowest BCUT2D eigenvalue weighted by atomic mass is 10.2. The largest absolute Gasteiger partial charge is 0.383 e. The summed E-state index contributed by atoms with van der Waals surface area (Å²) in [6.45, 7) is 0. The Morgan fingerprint density at radius 1 is 1.46 bits per heavy atom. The molecule has 0 fully saturated rings. The van der Waals surface area contributed by atoms with Crippen molar-refractivity contribution < 1.29 is 4.79 Å². The molecule has 0 N–H and O–H groups in total. The molecular weight excluding hydrogens is 164 g/mol. The van der Waals surface area contributed by atoms with Crippen molar-refractivity contribution in [3.63, 3.8) is 0 Å². The van der Waals surface area contributed by atoms with Gasteiger partial charge in [0.25, 0.3) is 0 Å². The maximum absolute atomic E-state index is 10.7. The first-order chi connectivity index (χ1) is 6.24. The van der Waals surface area contributed by atoms with Crippen molar-refractivity contribution >= 4 is 11.9 Å². The molecule has 3 heteroatoms. The molecule has 1 aromatic heterocycles. The fourth-order valence-electron chi connectivity index (χ4n) is 0.969. The smallest absolute Gasteiger partial charge is 0.153 e. The normalized spacial score (nSPS) is 11.1. The number of aldehydes is 1. The molecule has 0 aliphatic heterocycles. The molecule has 1 rings (SSSR count). The van der Waals surface area contributed by atoms with E-state index in [1.165, 1.54) is 0 Å². The minimum atomic E-state index is 0.589. The summed E-state index contributed by atoms with van der Waals surface area (Å²) in [4.78, 5) is 16.6. The van der Waals surface area contributed by atoms with E-state index in [0.717, 1.165) is 6.29 Å². The molecule has 0 bridgehead atoms. The molecule has 0 atom stereocenters. The average molecular weight is 176 g/mol. The highest BCUT2D eigenvalue weighted by Crippen LogP contribution is 2.07. The summed E-state index contributed by atoms with van der Waals surface area (Å²) in [6, 6.07) is 5.49. The van der Waals surface area contributed by atoms with Gasteiger partial charge in [0.1, 0.15) is 0 Å². The second kappa shape index (κ2) is 4.40. The Morgan fingerprint density at radius 2 is 2.23 bits per heavy atom. The van der Waals surface area contributed by atoms with Gasteiger partial charge >= 0.3 is 0 Å². The van der Waals surface area contributed by atoms with Crippen LogP contribution in [0.3, 0.4) is 0 Å². The van der Waals surface area contributed by atoms with Crippen LogP contribution < -0.4 is 0 Å². The first-order valence-electron chi connectivity index (χ1n) is 3.99. The lowest BCUT2D eigenvalue weighted by Crippen LogP contribution is -2.03. The van der Waals surface area contributed by atoms with Gasteiger partial charge in [-0.2, -0.15) is 0 Å². The zero-order valence-corrected chi connectivity index (χ0v) is 7.77. The predicted molar refractivity (Wildman–Crippen MR) is 52.0 cm³/mol. The molecule has 0 saturated carbocycles. The number of hydrogen-bond donors (Lipinski definition) is 0. The van der Waals surface area contributed by atoms with E-state index in [1.807, 2.05) is 37.2 Å². The maximum Gasteiger partial charge on any atom is 0.153 e. The van der Waals surface area contributed by atoms with Crippen molar-refractivity contribution in [1.82, 2.24) is 9.88 Å². The highest BCUT2D eigenvalue weighted by atomic mass is 16.1. The second-order valence-corrected chi connectivity index (χ2v) is 2.88. The van der Waals surface area contributed by atoms with Crippen molar-refractivity contribution in [2.75, 3.05) is 14.1 Å². The number of allylic oxidation sites excluding steroid dienone is 1. The van der Waals surface area contributed by atoms with Crippen molar-refractivity contribution in [3.05, 3.63) is 36.3 Å².